The van der Waals surface area contributed by atoms with Gasteiger partial charge in [-0.25, -0.2) is 0 Å². The summed E-state index contributed by atoms with van der Waals surface area (Å²) in [6.07, 6.45) is 20.0. The minimum atomic E-state index is 0.0672. The first kappa shape index (κ1) is 14.1. The van der Waals surface area contributed by atoms with Gasteiger partial charge < -0.3 is 4.79 Å². The first-order valence-electron chi connectivity index (χ1n) is 8.34. The first-order chi connectivity index (χ1) is 8.87. The third-order valence-corrected chi connectivity index (χ3v) is 5.44. The molecule has 2 saturated carbocycles. The third-order valence-electron chi connectivity index (χ3n) is 5.44. The van der Waals surface area contributed by atoms with Crippen LogP contribution in [0.1, 0.15) is 89.9 Å². The Balaban J connectivity index is 2.03. The number of carbonyl (C=O) groups is 1. The number of hydrogen-bond donors (Lipinski definition) is 0. The average molecular weight is 250 g/mol. The van der Waals surface area contributed by atoms with Crippen LogP contribution in [0.4, 0.5) is 0 Å². The smallest absolute Gasteiger partial charge is 0.126 e. The van der Waals surface area contributed by atoms with E-state index in [1.165, 1.54) is 96.2 Å². The van der Waals surface area contributed by atoms with E-state index in [-0.39, 0.29) is 5.41 Å². The Morgan fingerprint density at radius 1 is 0.667 bits per heavy atom. The molecule has 0 bridgehead atoms. The van der Waals surface area contributed by atoms with Gasteiger partial charge in [-0.15, -0.1) is 0 Å². The molecule has 2 fully saturated rings. The summed E-state index contributed by atoms with van der Waals surface area (Å²) < 4.78 is 0. The van der Waals surface area contributed by atoms with Crippen molar-refractivity contribution in [3.05, 3.63) is 0 Å². The van der Waals surface area contributed by atoms with E-state index in [0.29, 0.717) is 5.92 Å². The molecule has 0 spiro atoms. The summed E-state index contributed by atoms with van der Waals surface area (Å²) in [6.45, 7) is 0. The molecule has 2 aliphatic carbocycles. The minimum absolute atomic E-state index is 0.0672. The zero-order valence-corrected chi connectivity index (χ0v) is 12.0. The molecular weight excluding hydrogens is 220 g/mol. The maximum absolute atomic E-state index is 11.8. The van der Waals surface area contributed by atoms with Crippen LogP contribution < -0.4 is 0 Å². The predicted molar refractivity (Wildman–Crippen MR) is 76.6 cm³/mol. The highest BCUT2D eigenvalue weighted by Crippen LogP contribution is 2.44. The molecule has 104 valence electrons. The van der Waals surface area contributed by atoms with Crippen molar-refractivity contribution in [3.63, 3.8) is 0 Å². The highest BCUT2D eigenvalue weighted by molar-refractivity contribution is 5.60. The molecule has 0 saturated heterocycles. The molecule has 0 N–H and O–H groups in total. The van der Waals surface area contributed by atoms with E-state index in [1.54, 1.807) is 0 Å². The number of aldehydes is 1. The fraction of sp³-hybridized carbons (Fsp3) is 0.941. The van der Waals surface area contributed by atoms with E-state index in [2.05, 4.69) is 0 Å². The van der Waals surface area contributed by atoms with Crippen molar-refractivity contribution in [2.45, 2.75) is 89.9 Å². The van der Waals surface area contributed by atoms with Gasteiger partial charge in [-0.3, -0.25) is 0 Å². The lowest BCUT2D eigenvalue weighted by atomic mass is 9.65. The van der Waals surface area contributed by atoms with Gasteiger partial charge in [-0.2, -0.15) is 0 Å². The quantitative estimate of drug-likeness (QED) is 0.610. The molecule has 1 heteroatoms. The second-order valence-electron chi connectivity index (χ2n) is 6.66. The fourth-order valence-electron chi connectivity index (χ4n) is 4.22. The van der Waals surface area contributed by atoms with E-state index in [4.69, 9.17) is 0 Å². The highest BCUT2D eigenvalue weighted by atomic mass is 16.1. The van der Waals surface area contributed by atoms with Gasteiger partial charge in [0.2, 0.25) is 0 Å². The standard InChI is InChI=1S/C17H30O/c18-15-17(13-9-5-2-6-10-14-17)16-11-7-3-1-4-8-12-16/h15-16H,1-14H2. The molecular formula is C17H30O. The van der Waals surface area contributed by atoms with E-state index >= 15 is 0 Å². The second-order valence-corrected chi connectivity index (χ2v) is 6.66. The molecule has 0 aromatic carbocycles. The molecule has 0 aliphatic heterocycles. The summed E-state index contributed by atoms with van der Waals surface area (Å²) in [5.41, 5.74) is 0.0672. The molecule has 0 heterocycles. The topological polar surface area (TPSA) is 17.1 Å². The minimum Gasteiger partial charge on any atom is -0.303 e. The second kappa shape index (κ2) is 7.31. The van der Waals surface area contributed by atoms with E-state index in [1.807, 2.05) is 0 Å². The molecule has 0 aromatic heterocycles. The third kappa shape index (κ3) is 3.59. The Morgan fingerprint density at radius 3 is 1.61 bits per heavy atom. The summed E-state index contributed by atoms with van der Waals surface area (Å²) in [6, 6.07) is 0. The Bertz CT molecular complexity index is 230. The number of rotatable bonds is 2. The van der Waals surface area contributed by atoms with Gasteiger partial charge in [0.1, 0.15) is 6.29 Å². The van der Waals surface area contributed by atoms with Crippen molar-refractivity contribution in [3.8, 4) is 0 Å². The monoisotopic (exact) mass is 250 g/mol. The van der Waals surface area contributed by atoms with Crippen LogP contribution in [0.5, 0.6) is 0 Å². The lowest BCUT2D eigenvalue weighted by Crippen LogP contribution is -2.33. The Morgan fingerprint density at radius 2 is 1.11 bits per heavy atom. The van der Waals surface area contributed by atoms with Crippen LogP contribution in [0.3, 0.4) is 0 Å². The molecule has 2 rings (SSSR count). The molecule has 2 aliphatic rings. The van der Waals surface area contributed by atoms with Crippen LogP contribution in [0.15, 0.2) is 0 Å². The average Bonchev–Trinajstić information content (AvgIpc) is 2.30. The maximum Gasteiger partial charge on any atom is 0.126 e. The van der Waals surface area contributed by atoms with Crippen molar-refractivity contribution in [1.29, 1.82) is 0 Å². The van der Waals surface area contributed by atoms with E-state index < -0.39 is 0 Å². The summed E-state index contributed by atoms with van der Waals surface area (Å²) in [4.78, 5) is 11.8. The lowest BCUT2D eigenvalue weighted by molar-refractivity contribution is -0.121. The van der Waals surface area contributed by atoms with Crippen LogP contribution in [0.25, 0.3) is 0 Å². The van der Waals surface area contributed by atoms with Gasteiger partial charge in [0, 0.05) is 5.41 Å². The van der Waals surface area contributed by atoms with Gasteiger partial charge >= 0.3 is 0 Å². The van der Waals surface area contributed by atoms with E-state index in [9.17, 15) is 4.79 Å². The predicted octanol–water partition coefficient (Wildman–Crippen LogP) is 5.28. The van der Waals surface area contributed by atoms with Crippen LogP contribution in [0, 0.1) is 11.3 Å². The van der Waals surface area contributed by atoms with Crippen molar-refractivity contribution < 1.29 is 4.79 Å². The van der Waals surface area contributed by atoms with Gasteiger partial charge in [-0.1, -0.05) is 64.2 Å². The van der Waals surface area contributed by atoms with Crippen LogP contribution in [0.2, 0.25) is 0 Å². The Labute approximate surface area is 113 Å². The molecule has 0 atom stereocenters. The summed E-state index contributed by atoms with van der Waals surface area (Å²) in [7, 11) is 0. The summed E-state index contributed by atoms with van der Waals surface area (Å²) in [5.74, 6) is 0.702. The van der Waals surface area contributed by atoms with Crippen LogP contribution >= 0.6 is 0 Å². The Hall–Kier alpha value is -0.330. The highest BCUT2D eigenvalue weighted by Gasteiger charge is 2.37. The van der Waals surface area contributed by atoms with E-state index in [0.717, 1.165) is 0 Å². The van der Waals surface area contributed by atoms with Crippen LogP contribution in [-0.4, -0.2) is 6.29 Å². The molecule has 1 nitrogen and oxygen atoms in total. The van der Waals surface area contributed by atoms with Crippen molar-refractivity contribution in [2.75, 3.05) is 0 Å². The molecule has 18 heavy (non-hydrogen) atoms. The van der Waals surface area contributed by atoms with Crippen LogP contribution in [-0.2, 0) is 4.79 Å². The molecule has 0 aromatic rings. The van der Waals surface area contributed by atoms with Crippen molar-refractivity contribution in [2.24, 2.45) is 11.3 Å². The van der Waals surface area contributed by atoms with Gasteiger partial charge in [0.25, 0.3) is 0 Å². The van der Waals surface area contributed by atoms with Gasteiger partial charge in [-0.05, 0) is 31.6 Å². The molecule has 0 radical (unpaired) electrons. The summed E-state index contributed by atoms with van der Waals surface area (Å²) >= 11 is 0. The number of hydrogen-bond acceptors (Lipinski definition) is 1. The van der Waals surface area contributed by atoms with Crippen molar-refractivity contribution in [1.82, 2.24) is 0 Å². The fourth-order valence-corrected chi connectivity index (χ4v) is 4.22. The molecule has 0 unspecified atom stereocenters. The van der Waals surface area contributed by atoms with Gasteiger partial charge in [0.05, 0.1) is 0 Å². The maximum atomic E-state index is 11.8. The largest absolute Gasteiger partial charge is 0.303 e. The zero-order chi connectivity index (χ0) is 12.7. The van der Waals surface area contributed by atoms with Crippen molar-refractivity contribution >= 4 is 6.29 Å². The lowest BCUT2D eigenvalue weighted by Gasteiger charge is -2.39. The number of carbonyl (C=O) groups excluding carboxylic acids is 1. The molecule has 0 amide bonds. The van der Waals surface area contributed by atoms with Gasteiger partial charge in [0.15, 0.2) is 0 Å². The Kier molecular flexibility index (Phi) is 5.72. The SMILES string of the molecule is O=CC1(C2CCCCCCC2)CCCCCCC1. The zero-order valence-electron chi connectivity index (χ0n) is 12.0. The summed E-state index contributed by atoms with van der Waals surface area (Å²) in [5, 5.41) is 0. The normalized spacial score (nSPS) is 27.6. The first-order valence-corrected chi connectivity index (χ1v) is 8.34.